The van der Waals surface area contributed by atoms with E-state index in [0.717, 1.165) is 63.7 Å². The summed E-state index contributed by atoms with van der Waals surface area (Å²) in [5, 5.41) is 0. The van der Waals surface area contributed by atoms with E-state index in [1.165, 1.54) is 199 Å². The molecule has 0 aromatic carbocycles. The molecule has 60 heavy (non-hydrogen) atoms. The maximum Gasteiger partial charge on any atom is 0.306 e. The van der Waals surface area contributed by atoms with Crippen LogP contribution in [0.4, 0.5) is 0 Å². The van der Waals surface area contributed by atoms with Crippen molar-refractivity contribution >= 4 is 17.9 Å². The van der Waals surface area contributed by atoms with Gasteiger partial charge in [-0.25, -0.2) is 0 Å². The Hall–Kier alpha value is -1.59. The number of esters is 3. The van der Waals surface area contributed by atoms with E-state index in [9.17, 15) is 14.4 Å². The molecule has 2 atom stereocenters. The molecule has 0 rings (SSSR count). The van der Waals surface area contributed by atoms with Crippen molar-refractivity contribution in [1.29, 1.82) is 0 Å². The maximum absolute atomic E-state index is 12.8. The summed E-state index contributed by atoms with van der Waals surface area (Å²) in [4.78, 5) is 38.0. The number of rotatable bonds is 49. The van der Waals surface area contributed by atoms with Crippen molar-refractivity contribution in [3.8, 4) is 0 Å². The first kappa shape index (κ1) is 58.4. The van der Waals surface area contributed by atoms with Gasteiger partial charge in [-0.1, -0.05) is 265 Å². The zero-order chi connectivity index (χ0) is 43.8. The van der Waals surface area contributed by atoms with Gasteiger partial charge < -0.3 is 14.2 Å². The summed E-state index contributed by atoms with van der Waals surface area (Å²) in [6.07, 6.45) is 50.7. The van der Waals surface area contributed by atoms with Gasteiger partial charge >= 0.3 is 17.9 Å². The third kappa shape index (κ3) is 45.9. The van der Waals surface area contributed by atoms with Crippen LogP contribution in [0, 0.1) is 5.92 Å². The van der Waals surface area contributed by atoms with E-state index in [0.29, 0.717) is 19.3 Å². The number of hydrogen-bond acceptors (Lipinski definition) is 6. The third-order valence-electron chi connectivity index (χ3n) is 12.7. The summed E-state index contributed by atoms with van der Waals surface area (Å²) >= 11 is 0. The van der Waals surface area contributed by atoms with Crippen LogP contribution >= 0.6 is 0 Å². The Balaban J connectivity index is 4.31. The Morgan fingerprint density at radius 2 is 0.583 bits per heavy atom. The van der Waals surface area contributed by atoms with Gasteiger partial charge in [-0.05, 0) is 25.2 Å². The fraction of sp³-hybridized carbons (Fsp3) is 0.944. The highest BCUT2D eigenvalue weighted by molar-refractivity contribution is 5.71. The van der Waals surface area contributed by atoms with Gasteiger partial charge in [0.15, 0.2) is 6.10 Å². The molecule has 0 saturated heterocycles. The minimum absolute atomic E-state index is 0.0625. The summed E-state index contributed by atoms with van der Waals surface area (Å²) in [5.41, 5.74) is 0. The highest BCUT2D eigenvalue weighted by Crippen LogP contribution is 2.18. The first-order valence-electron chi connectivity index (χ1n) is 26.9. The SMILES string of the molecule is CCCCCCCCCCCCCCCCCC(=O)OC[C@@H](COC(=O)CCCCCCCCCCCCCCC)OC(=O)CCCCCCCCCCCCC(C)CC. The largest absolute Gasteiger partial charge is 0.462 e. The van der Waals surface area contributed by atoms with Gasteiger partial charge in [-0.3, -0.25) is 14.4 Å². The molecule has 0 amide bonds. The van der Waals surface area contributed by atoms with Gasteiger partial charge in [-0.2, -0.15) is 0 Å². The lowest BCUT2D eigenvalue weighted by Crippen LogP contribution is -2.30. The van der Waals surface area contributed by atoms with Crippen LogP contribution in [-0.4, -0.2) is 37.2 Å². The van der Waals surface area contributed by atoms with Crippen LogP contribution < -0.4 is 0 Å². The standard InChI is InChI=1S/C54H104O6/c1-5-8-10-12-14-16-18-20-21-23-25-30-34-38-42-46-53(56)59-49-51(48-58-52(55)45-41-37-33-29-24-22-19-17-15-13-11-9-6-2)60-54(57)47-43-39-35-31-27-26-28-32-36-40-44-50(4)7-3/h50-51H,5-49H2,1-4H3/t50?,51-/m1/s1. The number of carbonyl (C=O) groups is 3. The zero-order valence-corrected chi connectivity index (χ0v) is 40.9. The van der Waals surface area contributed by atoms with Gasteiger partial charge in [0.1, 0.15) is 13.2 Å². The molecule has 0 aliphatic carbocycles. The Morgan fingerprint density at radius 3 is 0.867 bits per heavy atom. The fourth-order valence-corrected chi connectivity index (χ4v) is 8.19. The smallest absolute Gasteiger partial charge is 0.306 e. The molecular formula is C54H104O6. The number of unbranched alkanes of at least 4 members (excludes halogenated alkanes) is 35. The maximum atomic E-state index is 12.8. The van der Waals surface area contributed by atoms with Crippen molar-refractivity contribution in [2.24, 2.45) is 5.92 Å². The first-order valence-corrected chi connectivity index (χ1v) is 26.9. The Bertz CT molecular complexity index is 905. The van der Waals surface area contributed by atoms with Crippen LogP contribution in [0.5, 0.6) is 0 Å². The second kappa shape index (κ2) is 48.4. The van der Waals surface area contributed by atoms with Crippen LogP contribution in [0.2, 0.25) is 0 Å². The van der Waals surface area contributed by atoms with Gasteiger partial charge in [0, 0.05) is 19.3 Å². The molecule has 6 heteroatoms. The minimum atomic E-state index is -0.761. The molecule has 0 spiro atoms. The van der Waals surface area contributed by atoms with Crippen LogP contribution in [-0.2, 0) is 28.6 Å². The second-order valence-electron chi connectivity index (χ2n) is 18.8. The minimum Gasteiger partial charge on any atom is -0.462 e. The summed E-state index contributed by atoms with van der Waals surface area (Å²) in [6.45, 7) is 9.06. The van der Waals surface area contributed by atoms with E-state index >= 15 is 0 Å². The van der Waals surface area contributed by atoms with Crippen LogP contribution in [0.25, 0.3) is 0 Å². The summed E-state index contributed by atoms with van der Waals surface area (Å²) < 4.78 is 16.8. The molecular weight excluding hydrogens is 745 g/mol. The molecule has 6 nitrogen and oxygen atoms in total. The molecule has 0 aromatic heterocycles. The molecule has 356 valence electrons. The van der Waals surface area contributed by atoms with Gasteiger partial charge in [0.25, 0.3) is 0 Å². The highest BCUT2D eigenvalue weighted by Gasteiger charge is 2.19. The Kier molecular flexibility index (Phi) is 47.2. The van der Waals surface area contributed by atoms with E-state index in [2.05, 4.69) is 27.7 Å². The summed E-state index contributed by atoms with van der Waals surface area (Å²) in [6, 6.07) is 0. The molecule has 1 unspecified atom stereocenters. The summed E-state index contributed by atoms with van der Waals surface area (Å²) in [5.74, 6) is 0.0261. The van der Waals surface area contributed by atoms with Gasteiger partial charge in [0.05, 0.1) is 0 Å². The molecule has 0 saturated carbocycles. The third-order valence-corrected chi connectivity index (χ3v) is 12.7. The number of ether oxygens (including phenoxy) is 3. The van der Waals surface area contributed by atoms with Crippen molar-refractivity contribution in [3.05, 3.63) is 0 Å². The van der Waals surface area contributed by atoms with Crippen LogP contribution in [0.15, 0.2) is 0 Å². The molecule has 0 heterocycles. The molecule has 0 N–H and O–H groups in total. The Labute approximate surface area is 374 Å². The van der Waals surface area contributed by atoms with Crippen molar-refractivity contribution < 1.29 is 28.6 Å². The topological polar surface area (TPSA) is 78.9 Å². The molecule has 0 radical (unpaired) electrons. The van der Waals surface area contributed by atoms with Crippen molar-refractivity contribution in [3.63, 3.8) is 0 Å². The van der Waals surface area contributed by atoms with E-state index in [-0.39, 0.29) is 31.1 Å². The molecule has 0 bridgehead atoms. The predicted octanol–water partition coefficient (Wildman–Crippen LogP) is 17.5. The van der Waals surface area contributed by atoms with Crippen molar-refractivity contribution in [2.75, 3.05) is 13.2 Å². The summed E-state index contributed by atoms with van der Waals surface area (Å²) in [7, 11) is 0. The molecule has 0 aliphatic rings. The molecule has 0 aliphatic heterocycles. The monoisotopic (exact) mass is 849 g/mol. The number of hydrogen-bond donors (Lipinski definition) is 0. The average molecular weight is 849 g/mol. The normalized spacial score (nSPS) is 12.4. The lowest BCUT2D eigenvalue weighted by Gasteiger charge is -2.18. The Morgan fingerprint density at radius 1 is 0.333 bits per heavy atom. The zero-order valence-electron chi connectivity index (χ0n) is 40.9. The lowest BCUT2D eigenvalue weighted by atomic mass is 9.99. The predicted molar refractivity (Wildman–Crippen MR) is 257 cm³/mol. The van der Waals surface area contributed by atoms with Crippen LogP contribution in [0.3, 0.4) is 0 Å². The quantitative estimate of drug-likeness (QED) is 0.0345. The fourth-order valence-electron chi connectivity index (χ4n) is 8.19. The van der Waals surface area contributed by atoms with E-state index in [4.69, 9.17) is 14.2 Å². The van der Waals surface area contributed by atoms with Crippen molar-refractivity contribution in [1.82, 2.24) is 0 Å². The molecule has 0 fully saturated rings. The highest BCUT2D eigenvalue weighted by atomic mass is 16.6. The van der Waals surface area contributed by atoms with E-state index in [1.54, 1.807) is 0 Å². The number of carbonyl (C=O) groups excluding carboxylic acids is 3. The van der Waals surface area contributed by atoms with Gasteiger partial charge in [0.2, 0.25) is 0 Å². The van der Waals surface area contributed by atoms with Crippen LogP contribution in [0.1, 0.15) is 304 Å². The lowest BCUT2D eigenvalue weighted by molar-refractivity contribution is -0.167. The first-order chi connectivity index (χ1) is 29.4. The van der Waals surface area contributed by atoms with E-state index in [1.807, 2.05) is 0 Å². The van der Waals surface area contributed by atoms with E-state index < -0.39 is 6.10 Å². The molecule has 0 aromatic rings. The second-order valence-corrected chi connectivity index (χ2v) is 18.8. The van der Waals surface area contributed by atoms with Crippen molar-refractivity contribution in [2.45, 2.75) is 310 Å². The van der Waals surface area contributed by atoms with Gasteiger partial charge in [-0.15, -0.1) is 0 Å². The average Bonchev–Trinajstić information content (AvgIpc) is 3.25.